The van der Waals surface area contributed by atoms with Crippen molar-refractivity contribution in [3.05, 3.63) is 65.2 Å². The third-order valence-corrected chi connectivity index (χ3v) is 5.27. The van der Waals surface area contributed by atoms with E-state index in [0.29, 0.717) is 17.7 Å². The van der Waals surface area contributed by atoms with E-state index in [2.05, 4.69) is 10.1 Å². The van der Waals surface area contributed by atoms with E-state index in [0.717, 1.165) is 56.3 Å². The Hall–Kier alpha value is -2.87. The molecule has 0 saturated carbocycles. The summed E-state index contributed by atoms with van der Waals surface area (Å²) in [5, 5.41) is 3.86. The van der Waals surface area contributed by atoms with Crippen LogP contribution in [0.5, 0.6) is 5.75 Å². The molecule has 32 heavy (non-hydrogen) atoms. The number of aldehydes is 1. The number of nitrogens with zero attached hydrogens (tertiary/aromatic N) is 2. The van der Waals surface area contributed by atoms with Gasteiger partial charge in [0.1, 0.15) is 12.4 Å². The molecule has 1 fully saturated rings. The fourth-order valence-electron chi connectivity index (χ4n) is 3.47. The van der Waals surface area contributed by atoms with Gasteiger partial charge in [-0.3, -0.25) is 9.69 Å². The summed E-state index contributed by atoms with van der Waals surface area (Å²) in [6, 6.07) is 12.4. The number of ether oxygens (including phenoxy) is 1. The first-order chi connectivity index (χ1) is 15.5. The Morgan fingerprint density at radius 3 is 2.25 bits per heavy atom. The summed E-state index contributed by atoms with van der Waals surface area (Å²) in [5.41, 5.74) is 1.02. The molecule has 5 nitrogen and oxygen atoms in total. The highest BCUT2D eigenvalue weighted by Gasteiger charge is 2.29. The number of aryl methyl sites for hydroxylation is 1. The van der Waals surface area contributed by atoms with Crippen LogP contribution in [-0.4, -0.2) is 36.7 Å². The van der Waals surface area contributed by atoms with E-state index in [4.69, 9.17) is 9.57 Å². The van der Waals surface area contributed by atoms with Gasteiger partial charge in [0.2, 0.25) is 6.23 Å². The third-order valence-electron chi connectivity index (χ3n) is 5.27. The molecule has 1 atom stereocenters. The lowest BCUT2D eigenvalue weighted by Gasteiger charge is -2.31. The summed E-state index contributed by atoms with van der Waals surface area (Å²) in [7, 11) is 0. The summed E-state index contributed by atoms with van der Waals surface area (Å²) >= 11 is 0. The van der Waals surface area contributed by atoms with Crippen LogP contribution in [0.4, 0.5) is 13.2 Å². The van der Waals surface area contributed by atoms with Crippen LogP contribution >= 0.6 is 0 Å². The highest BCUT2D eigenvalue weighted by atomic mass is 19.4. The number of piperidine rings is 1. The van der Waals surface area contributed by atoms with E-state index in [-0.39, 0.29) is 6.61 Å². The van der Waals surface area contributed by atoms with Gasteiger partial charge in [-0.1, -0.05) is 35.8 Å². The van der Waals surface area contributed by atoms with Crippen molar-refractivity contribution in [2.75, 3.05) is 13.1 Å². The molecule has 1 heterocycles. The van der Waals surface area contributed by atoms with Gasteiger partial charge in [0.05, 0.1) is 5.56 Å². The second-order valence-corrected chi connectivity index (χ2v) is 7.68. The number of hydrogen-bond donors (Lipinski definition) is 0. The molecule has 0 aromatic heterocycles. The largest absolute Gasteiger partial charge is 0.468 e. The Morgan fingerprint density at radius 2 is 1.62 bits per heavy atom. The zero-order valence-electron chi connectivity index (χ0n) is 17.8. The van der Waals surface area contributed by atoms with Crippen LogP contribution in [-0.2, 0) is 28.8 Å². The zero-order valence-corrected chi connectivity index (χ0v) is 17.8. The predicted octanol–water partition coefficient (Wildman–Crippen LogP) is 5.23. The zero-order chi connectivity index (χ0) is 22.8. The number of rotatable bonds is 10. The molecular formula is C24H27F3N2O3. The van der Waals surface area contributed by atoms with E-state index in [1.807, 2.05) is 24.3 Å². The van der Waals surface area contributed by atoms with E-state index in [1.54, 1.807) is 6.21 Å². The lowest BCUT2D eigenvalue weighted by molar-refractivity contribution is -0.137. The van der Waals surface area contributed by atoms with Crippen LogP contribution in [0.25, 0.3) is 0 Å². The number of likely N-dealkylation sites (tertiary alicyclic amines) is 1. The van der Waals surface area contributed by atoms with Gasteiger partial charge in [0, 0.05) is 19.3 Å². The summed E-state index contributed by atoms with van der Waals surface area (Å²) < 4.78 is 43.5. The van der Waals surface area contributed by atoms with Crippen LogP contribution in [0.3, 0.4) is 0 Å². The molecule has 2 aromatic rings. The second-order valence-electron chi connectivity index (χ2n) is 7.68. The quantitative estimate of drug-likeness (QED) is 0.284. The number of carbonyl (C=O) groups is 1. The summed E-state index contributed by atoms with van der Waals surface area (Å²) in [6.45, 7) is 1.86. The summed E-state index contributed by atoms with van der Waals surface area (Å²) in [4.78, 5) is 18.6. The molecule has 2 aromatic carbocycles. The molecule has 3 rings (SSSR count). The lowest BCUT2D eigenvalue weighted by atomic mass is 10.1. The Bertz CT molecular complexity index is 862. The molecule has 172 valence electrons. The molecule has 0 amide bonds. The van der Waals surface area contributed by atoms with E-state index < -0.39 is 18.0 Å². The number of benzene rings is 2. The smallest absolute Gasteiger partial charge is 0.416 e. The highest BCUT2D eigenvalue weighted by molar-refractivity contribution is 5.57. The molecule has 1 aliphatic rings. The molecule has 1 saturated heterocycles. The van der Waals surface area contributed by atoms with Gasteiger partial charge >= 0.3 is 6.18 Å². The number of carbonyl (C=O) groups excluding carboxylic acids is 1. The molecule has 0 N–H and O–H groups in total. The minimum atomic E-state index is -4.34. The van der Waals surface area contributed by atoms with Crippen LogP contribution < -0.4 is 4.74 Å². The maximum Gasteiger partial charge on any atom is 0.416 e. The molecule has 1 unspecified atom stereocenters. The normalized spacial score (nSPS) is 16.1. The van der Waals surface area contributed by atoms with Crippen molar-refractivity contribution in [2.24, 2.45) is 5.16 Å². The fourth-order valence-corrected chi connectivity index (χ4v) is 3.47. The molecule has 0 aliphatic carbocycles. The fraction of sp³-hybridized carbons (Fsp3) is 0.417. The van der Waals surface area contributed by atoms with Gasteiger partial charge < -0.3 is 9.57 Å². The van der Waals surface area contributed by atoms with Crippen molar-refractivity contribution in [1.29, 1.82) is 0 Å². The van der Waals surface area contributed by atoms with E-state index in [1.165, 1.54) is 18.6 Å². The number of oxime groups is 1. The molecule has 0 radical (unpaired) electrons. The van der Waals surface area contributed by atoms with Gasteiger partial charge in [-0.25, -0.2) is 0 Å². The Balaban J connectivity index is 1.37. The van der Waals surface area contributed by atoms with Crippen molar-refractivity contribution in [3.8, 4) is 5.75 Å². The van der Waals surface area contributed by atoms with Crippen molar-refractivity contribution in [3.63, 3.8) is 0 Å². The van der Waals surface area contributed by atoms with E-state index in [9.17, 15) is 18.0 Å². The van der Waals surface area contributed by atoms with Gasteiger partial charge in [-0.15, -0.1) is 0 Å². The number of halogens is 3. The summed E-state index contributed by atoms with van der Waals surface area (Å²) in [6.07, 6.45) is 2.35. The SMILES string of the molecule is O=CC(Oc1ccc(CCC=NOCc2ccc(C(F)(F)F)cc2)cc1)N1CCCCC1. The minimum Gasteiger partial charge on any atom is -0.468 e. The second kappa shape index (κ2) is 11.7. The number of hydrogen-bond acceptors (Lipinski definition) is 5. The lowest BCUT2D eigenvalue weighted by Crippen LogP contribution is -2.43. The first kappa shape index (κ1) is 23.8. The molecule has 8 heteroatoms. The van der Waals surface area contributed by atoms with Gasteiger partial charge in [-0.2, -0.15) is 13.2 Å². The van der Waals surface area contributed by atoms with Crippen LogP contribution in [0.2, 0.25) is 0 Å². The Kier molecular flexibility index (Phi) is 8.67. The molecule has 1 aliphatic heterocycles. The monoisotopic (exact) mass is 448 g/mol. The first-order valence-corrected chi connectivity index (χ1v) is 10.7. The van der Waals surface area contributed by atoms with Gasteiger partial charge in [-0.05, 0) is 61.1 Å². The van der Waals surface area contributed by atoms with Crippen molar-refractivity contribution >= 4 is 12.5 Å². The average Bonchev–Trinajstić information content (AvgIpc) is 2.81. The maximum atomic E-state index is 12.5. The molecular weight excluding hydrogens is 421 g/mol. The number of alkyl halides is 3. The first-order valence-electron chi connectivity index (χ1n) is 10.7. The van der Waals surface area contributed by atoms with Gasteiger partial charge in [0.15, 0.2) is 6.29 Å². The van der Waals surface area contributed by atoms with Crippen molar-refractivity contribution < 1.29 is 27.5 Å². The standard InChI is InChI=1S/C24H27F3N2O3/c25-24(26,27)21-10-6-20(7-11-21)18-31-28-14-4-5-19-8-12-22(13-9-19)32-23(17-30)29-15-2-1-3-16-29/h6-14,17,23H,1-5,15-16,18H2. The molecule has 0 bridgehead atoms. The van der Waals surface area contributed by atoms with Crippen LogP contribution in [0, 0.1) is 0 Å². The van der Waals surface area contributed by atoms with E-state index >= 15 is 0 Å². The van der Waals surface area contributed by atoms with Crippen molar-refractivity contribution in [2.45, 2.75) is 51.1 Å². The predicted molar refractivity (Wildman–Crippen MR) is 115 cm³/mol. The minimum absolute atomic E-state index is 0.107. The van der Waals surface area contributed by atoms with Crippen molar-refractivity contribution in [1.82, 2.24) is 4.90 Å². The highest BCUT2D eigenvalue weighted by Crippen LogP contribution is 2.29. The maximum absolute atomic E-state index is 12.5. The Morgan fingerprint density at radius 1 is 0.969 bits per heavy atom. The van der Waals surface area contributed by atoms with Gasteiger partial charge in [0.25, 0.3) is 0 Å². The summed E-state index contributed by atoms with van der Waals surface area (Å²) in [5.74, 6) is 0.657. The third kappa shape index (κ3) is 7.37. The van der Waals surface area contributed by atoms with Crippen LogP contribution in [0.1, 0.15) is 42.4 Å². The molecule has 0 spiro atoms. The topological polar surface area (TPSA) is 51.1 Å². The average molecular weight is 448 g/mol. The Labute approximate surface area is 185 Å². The van der Waals surface area contributed by atoms with Crippen LogP contribution in [0.15, 0.2) is 53.7 Å².